The molecule has 1 amide bonds. The Kier molecular flexibility index (Phi) is 2.96. The Morgan fingerprint density at radius 1 is 1.14 bits per heavy atom. The zero-order valence-corrected chi connectivity index (χ0v) is 11.8. The molecule has 110 valence electrons. The van der Waals surface area contributed by atoms with Crippen molar-refractivity contribution in [1.29, 1.82) is 0 Å². The number of hydrogen-bond donors (Lipinski definition) is 2. The van der Waals surface area contributed by atoms with E-state index in [9.17, 15) is 4.79 Å². The minimum atomic E-state index is -0.102. The molecule has 0 aliphatic carbocycles. The minimum absolute atomic E-state index is 0.102. The van der Waals surface area contributed by atoms with E-state index < -0.39 is 0 Å². The molecule has 1 aliphatic heterocycles. The van der Waals surface area contributed by atoms with Crippen LogP contribution in [0.2, 0.25) is 0 Å². The first-order valence-corrected chi connectivity index (χ1v) is 7.04. The molecule has 2 aromatic carbocycles. The molecule has 1 aromatic heterocycles. The molecule has 0 saturated carbocycles. The molecule has 0 radical (unpaired) electrons. The molecular formula is C17H14N2O3. The van der Waals surface area contributed by atoms with Crippen molar-refractivity contribution in [3.8, 4) is 11.5 Å². The van der Waals surface area contributed by atoms with Crippen molar-refractivity contribution in [2.45, 2.75) is 6.54 Å². The van der Waals surface area contributed by atoms with Crippen molar-refractivity contribution in [1.82, 2.24) is 10.3 Å². The van der Waals surface area contributed by atoms with Gasteiger partial charge in [-0.1, -0.05) is 24.3 Å². The van der Waals surface area contributed by atoms with Crippen LogP contribution >= 0.6 is 0 Å². The third-order valence-electron chi connectivity index (χ3n) is 3.72. The number of aromatic amines is 1. The van der Waals surface area contributed by atoms with Crippen molar-refractivity contribution < 1.29 is 14.3 Å². The fourth-order valence-electron chi connectivity index (χ4n) is 2.59. The van der Waals surface area contributed by atoms with E-state index in [2.05, 4.69) is 10.3 Å². The largest absolute Gasteiger partial charge is 0.454 e. The number of ether oxygens (including phenoxy) is 2. The summed E-state index contributed by atoms with van der Waals surface area (Å²) >= 11 is 0. The zero-order valence-electron chi connectivity index (χ0n) is 11.8. The number of benzene rings is 2. The smallest absolute Gasteiger partial charge is 0.253 e. The molecule has 0 fully saturated rings. The molecule has 0 saturated heterocycles. The van der Waals surface area contributed by atoms with Gasteiger partial charge in [-0.25, -0.2) is 0 Å². The topological polar surface area (TPSA) is 63.4 Å². The van der Waals surface area contributed by atoms with Crippen LogP contribution in [0.5, 0.6) is 11.5 Å². The van der Waals surface area contributed by atoms with Crippen LogP contribution in [0.25, 0.3) is 10.9 Å². The lowest BCUT2D eigenvalue weighted by molar-refractivity contribution is 0.0952. The van der Waals surface area contributed by atoms with Crippen molar-refractivity contribution >= 4 is 16.8 Å². The fraction of sp³-hybridized carbons (Fsp3) is 0.118. The van der Waals surface area contributed by atoms with Gasteiger partial charge < -0.3 is 19.8 Å². The van der Waals surface area contributed by atoms with Gasteiger partial charge in [-0.2, -0.15) is 0 Å². The Hall–Kier alpha value is -2.95. The average Bonchev–Trinajstić information content (AvgIpc) is 3.18. The Bertz CT molecular complexity index is 854. The van der Waals surface area contributed by atoms with Crippen LogP contribution in [0.4, 0.5) is 0 Å². The first-order chi connectivity index (χ1) is 10.8. The number of para-hydroxylation sites is 1. The number of amides is 1. The lowest BCUT2D eigenvalue weighted by atomic mass is 10.1. The summed E-state index contributed by atoms with van der Waals surface area (Å²) in [6.07, 6.45) is 1.74. The highest BCUT2D eigenvalue weighted by Crippen LogP contribution is 2.32. The van der Waals surface area contributed by atoms with Gasteiger partial charge in [0.1, 0.15) is 0 Å². The maximum absolute atomic E-state index is 12.3. The number of carbonyl (C=O) groups is 1. The van der Waals surface area contributed by atoms with Crippen LogP contribution in [0.1, 0.15) is 15.9 Å². The standard InChI is InChI=1S/C17H14N2O3/c20-17(13-9-18-14-4-2-1-3-12(13)14)19-8-11-5-6-15-16(7-11)22-10-21-15/h1-7,9,18H,8,10H2,(H,19,20). The van der Waals surface area contributed by atoms with E-state index in [0.717, 1.165) is 28.0 Å². The second kappa shape index (κ2) is 5.11. The van der Waals surface area contributed by atoms with Crippen molar-refractivity contribution in [2.24, 2.45) is 0 Å². The molecule has 22 heavy (non-hydrogen) atoms. The summed E-state index contributed by atoms with van der Waals surface area (Å²) in [4.78, 5) is 15.4. The number of nitrogens with one attached hydrogen (secondary N) is 2. The summed E-state index contributed by atoms with van der Waals surface area (Å²) < 4.78 is 10.6. The second-order valence-electron chi connectivity index (χ2n) is 5.12. The van der Waals surface area contributed by atoms with Gasteiger partial charge in [-0.15, -0.1) is 0 Å². The Morgan fingerprint density at radius 2 is 2.00 bits per heavy atom. The molecule has 0 unspecified atom stereocenters. The SMILES string of the molecule is O=C(NCc1ccc2c(c1)OCO2)c1c[nH]c2ccccc12. The summed E-state index contributed by atoms with van der Waals surface area (Å²) in [6, 6.07) is 13.4. The van der Waals surface area contributed by atoms with Gasteiger partial charge in [-0.05, 0) is 23.8 Å². The van der Waals surface area contributed by atoms with Crippen LogP contribution in [-0.2, 0) is 6.54 Å². The lowest BCUT2D eigenvalue weighted by Crippen LogP contribution is -2.22. The van der Waals surface area contributed by atoms with Crippen LogP contribution < -0.4 is 14.8 Å². The van der Waals surface area contributed by atoms with Gasteiger partial charge in [0.05, 0.1) is 5.56 Å². The summed E-state index contributed by atoms with van der Waals surface area (Å²) in [5.74, 6) is 1.36. The first kappa shape index (κ1) is 12.8. The zero-order chi connectivity index (χ0) is 14.9. The van der Waals surface area contributed by atoms with Crippen LogP contribution in [0.3, 0.4) is 0 Å². The van der Waals surface area contributed by atoms with Crippen LogP contribution in [0.15, 0.2) is 48.7 Å². The van der Waals surface area contributed by atoms with E-state index in [0.29, 0.717) is 12.1 Å². The highest BCUT2D eigenvalue weighted by atomic mass is 16.7. The normalized spacial score (nSPS) is 12.5. The maximum Gasteiger partial charge on any atom is 0.253 e. The quantitative estimate of drug-likeness (QED) is 0.780. The fourth-order valence-corrected chi connectivity index (χ4v) is 2.59. The molecule has 5 heteroatoms. The van der Waals surface area contributed by atoms with E-state index in [-0.39, 0.29) is 12.7 Å². The van der Waals surface area contributed by atoms with E-state index in [1.807, 2.05) is 42.5 Å². The molecule has 4 rings (SSSR count). The molecular weight excluding hydrogens is 280 g/mol. The Balaban J connectivity index is 1.50. The minimum Gasteiger partial charge on any atom is -0.454 e. The lowest BCUT2D eigenvalue weighted by Gasteiger charge is -2.05. The summed E-state index contributed by atoms with van der Waals surface area (Å²) in [5.41, 5.74) is 2.57. The van der Waals surface area contributed by atoms with Crippen LogP contribution in [0, 0.1) is 0 Å². The summed E-state index contributed by atoms with van der Waals surface area (Å²) in [5, 5.41) is 3.85. The first-order valence-electron chi connectivity index (χ1n) is 7.04. The molecule has 5 nitrogen and oxygen atoms in total. The van der Waals surface area contributed by atoms with E-state index in [1.165, 1.54) is 0 Å². The van der Waals surface area contributed by atoms with Gasteiger partial charge in [-0.3, -0.25) is 4.79 Å². The monoisotopic (exact) mass is 294 g/mol. The van der Waals surface area contributed by atoms with Gasteiger partial charge in [0.25, 0.3) is 5.91 Å². The van der Waals surface area contributed by atoms with Gasteiger partial charge in [0.2, 0.25) is 6.79 Å². The summed E-state index contributed by atoms with van der Waals surface area (Å²) in [7, 11) is 0. The number of aromatic nitrogens is 1. The predicted molar refractivity (Wildman–Crippen MR) is 82.0 cm³/mol. The van der Waals surface area contributed by atoms with E-state index in [4.69, 9.17) is 9.47 Å². The molecule has 3 aromatic rings. The Morgan fingerprint density at radius 3 is 2.95 bits per heavy atom. The molecule has 2 N–H and O–H groups in total. The molecule has 0 spiro atoms. The number of rotatable bonds is 3. The number of H-pyrrole nitrogens is 1. The number of fused-ring (bicyclic) bond motifs is 2. The summed E-state index contributed by atoms with van der Waals surface area (Å²) in [6.45, 7) is 0.690. The highest BCUT2D eigenvalue weighted by molar-refractivity contribution is 6.06. The van der Waals surface area contributed by atoms with Crippen molar-refractivity contribution in [3.63, 3.8) is 0 Å². The molecule has 1 aliphatic rings. The highest BCUT2D eigenvalue weighted by Gasteiger charge is 2.14. The molecule has 0 bridgehead atoms. The van der Waals surface area contributed by atoms with E-state index >= 15 is 0 Å². The van der Waals surface area contributed by atoms with Gasteiger partial charge in [0, 0.05) is 23.6 Å². The third-order valence-corrected chi connectivity index (χ3v) is 3.72. The van der Waals surface area contributed by atoms with E-state index in [1.54, 1.807) is 6.20 Å². The van der Waals surface area contributed by atoms with Crippen molar-refractivity contribution in [3.05, 3.63) is 59.8 Å². The predicted octanol–water partition coefficient (Wildman–Crippen LogP) is 2.83. The van der Waals surface area contributed by atoms with Gasteiger partial charge >= 0.3 is 0 Å². The number of hydrogen-bond acceptors (Lipinski definition) is 3. The molecule has 0 atom stereocenters. The maximum atomic E-state index is 12.3. The Labute approximate surface area is 126 Å². The average molecular weight is 294 g/mol. The number of carbonyl (C=O) groups excluding carboxylic acids is 1. The van der Waals surface area contributed by atoms with Crippen molar-refractivity contribution in [2.75, 3.05) is 6.79 Å². The molecule has 2 heterocycles. The third kappa shape index (κ3) is 2.16. The van der Waals surface area contributed by atoms with Gasteiger partial charge in [0.15, 0.2) is 11.5 Å². The second-order valence-corrected chi connectivity index (χ2v) is 5.12. The van der Waals surface area contributed by atoms with Crippen LogP contribution in [-0.4, -0.2) is 17.7 Å².